The highest BCUT2D eigenvalue weighted by Crippen LogP contribution is 2.42. The van der Waals surface area contributed by atoms with E-state index in [1.54, 1.807) is 25.3 Å². The number of ketones is 3. The molecule has 2 fully saturated rings. The summed E-state index contributed by atoms with van der Waals surface area (Å²) in [5, 5.41) is 73.5. The molecule has 19 N–H and O–H groups in total. The summed E-state index contributed by atoms with van der Waals surface area (Å²) in [6.07, 6.45) is -3.93. The number of anilines is 5. The third-order valence-corrected chi connectivity index (χ3v) is 27.8. The number of amides is 9. The number of carbonyl (C=O) groups is 17. The number of fused-ring (bicyclic) bond motifs is 2. The van der Waals surface area contributed by atoms with Crippen molar-refractivity contribution < 1.29 is 135 Å². The number of aromatic nitrogens is 6. The maximum Gasteiger partial charge on any atom is 0.410 e. The minimum Gasteiger partial charge on any atom is -0.487 e. The molecule has 53 heteroatoms. The van der Waals surface area contributed by atoms with Crippen LogP contribution in [0.5, 0.6) is 5.75 Å². The van der Waals surface area contributed by atoms with E-state index < -0.39 is 223 Å². The Bertz CT molecular complexity index is 5930. The van der Waals surface area contributed by atoms with Gasteiger partial charge in [0.1, 0.15) is 49.0 Å². The minimum atomic E-state index is -1.90. The summed E-state index contributed by atoms with van der Waals surface area (Å²) in [7, 11) is 1.94. The molecule has 3 aliphatic rings. The fourth-order valence-electron chi connectivity index (χ4n) is 15.8. The molecule has 7 aromatic rings. The number of nitrogens with two attached hydrogens (primary N) is 2. The number of H-pyrrole nitrogens is 1. The topological polar surface area (TPSA) is 714 Å². The van der Waals surface area contributed by atoms with Crippen molar-refractivity contribution in [3.05, 3.63) is 146 Å². The van der Waals surface area contributed by atoms with Gasteiger partial charge in [0.2, 0.25) is 41.4 Å². The number of carbonyl (C=O) groups excluding carboxylic acids is 13. The summed E-state index contributed by atoms with van der Waals surface area (Å²) in [4.78, 5) is 265. The number of carboxylic acid groups (broad SMARTS) is 4. The minimum absolute atomic E-state index is 0.00984. The summed E-state index contributed by atoms with van der Waals surface area (Å²) in [5.74, 6) is -21.7. The van der Waals surface area contributed by atoms with E-state index in [9.17, 15) is 111 Å². The van der Waals surface area contributed by atoms with Gasteiger partial charge in [-0.25, -0.2) is 33.9 Å². The van der Waals surface area contributed by atoms with Gasteiger partial charge in [0, 0.05) is 121 Å². The van der Waals surface area contributed by atoms with Crippen molar-refractivity contribution in [2.45, 2.75) is 171 Å². The predicted molar refractivity (Wildman–Crippen MR) is 524 cm³/mol. The number of thiazole rings is 1. The molecule has 2 aliphatic heterocycles. The van der Waals surface area contributed by atoms with Crippen molar-refractivity contribution in [1.29, 1.82) is 5.41 Å². The van der Waals surface area contributed by atoms with E-state index in [1.165, 1.54) is 84.0 Å². The molecule has 1 saturated carbocycles. The second kappa shape index (κ2) is 56.1. The molecule has 0 radical (unpaired) electrons. The zero-order valence-electron chi connectivity index (χ0n) is 79.2. The second-order valence-electron chi connectivity index (χ2n) is 34.3. The number of carboxylic acids is 4. The van der Waals surface area contributed by atoms with Crippen LogP contribution in [0, 0.1) is 34.4 Å². The van der Waals surface area contributed by atoms with Gasteiger partial charge >= 0.3 is 30.0 Å². The van der Waals surface area contributed by atoms with Crippen LogP contribution in [-0.2, 0) is 110 Å². The Kier molecular flexibility index (Phi) is 43.6. The number of aliphatic carboxylic acids is 4. The molecule has 4 aromatic heterocycles. The first-order valence-corrected chi connectivity index (χ1v) is 49.9. The van der Waals surface area contributed by atoms with Crippen molar-refractivity contribution in [3.63, 3.8) is 0 Å². The highest BCUT2D eigenvalue weighted by molar-refractivity contribution is 8.77. The van der Waals surface area contributed by atoms with Gasteiger partial charge in [0.25, 0.3) is 23.8 Å². The fourth-order valence-corrected chi connectivity index (χ4v) is 19.3. The number of rotatable bonds is 62. The average Bonchev–Trinajstić information content (AvgIpc) is 1.53. The number of guanidine groups is 1. The SMILES string of the molecule is CC(OC(=O)N(CCOCCOCCOCCNC(=O)C1(Cc2cccc(Nc3nccs3)n2)CCC(Oc2cccc(Cl)c2F)CC1)CC(=O)Nc1cccc2c1CN(C1CCC(=O)NC1=O)C2=O)C(C)SSC[C@@H](CC(=O)[C@@H](COC=O)NC(=O)[C@@H](CC(=O)O)CC(=O)[C@@H](CCCNC(=N)N)NC(=O)[C@@H](CC(=O)O)CC(=O)CC[C@H](NC(=O)c1ccc(NCc2cnc3nc(N)[nH]c(=O)c3n2)cc1)C(=O)O)C(=O)O. The summed E-state index contributed by atoms with van der Waals surface area (Å²) < 4.78 is 49.1. The van der Waals surface area contributed by atoms with E-state index in [-0.39, 0.29) is 167 Å². The molecule has 10 rings (SSSR count). The molecule has 0 bridgehead atoms. The molecule has 1 aliphatic carbocycles. The van der Waals surface area contributed by atoms with E-state index in [1.807, 2.05) is 17.5 Å². The number of aromatic amines is 1. The van der Waals surface area contributed by atoms with Crippen LogP contribution in [0.3, 0.4) is 0 Å². The number of pyridine rings is 1. The molecule has 9 atom stereocenters. The largest absolute Gasteiger partial charge is 0.487 e. The quantitative estimate of drug-likeness (QED) is 0.00605. The van der Waals surface area contributed by atoms with Crippen LogP contribution in [0.15, 0.2) is 101 Å². The Hall–Kier alpha value is -14.5. The molecule has 146 heavy (non-hydrogen) atoms. The van der Waals surface area contributed by atoms with Crippen LogP contribution in [0.25, 0.3) is 11.2 Å². The molecule has 784 valence electrons. The van der Waals surface area contributed by atoms with Gasteiger partial charge < -0.3 is 108 Å². The molecule has 3 unspecified atom stereocenters. The average molecular weight is 2110 g/mol. The molecule has 48 nitrogen and oxygen atoms in total. The van der Waals surface area contributed by atoms with Crippen LogP contribution >= 0.6 is 44.5 Å². The number of ether oxygens (including phenoxy) is 6. The number of Topliss-reactive ketones (excluding diaryl/α,β-unsaturated/α-hetero) is 3. The highest BCUT2D eigenvalue weighted by atomic mass is 35.5. The van der Waals surface area contributed by atoms with E-state index in [0.717, 1.165) is 26.5 Å². The Morgan fingerprint density at radius 3 is 2.10 bits per heavy atom. The van der Waals surface area contributed by atoms with Crippen LogP contribution in [0.2, 0.25) is 5.02 Å². The lowest BCUT2D eigenvalue weighted by Gasteiger charge is -2.39. The van der Waals surface area contributed by atoms with Crippen molar-refractivity contribution >= 4 is 191 Å². The van der Waals surface area contributed by atoms with Crippen LogP contribution < -0.4 is 69.6 Å². The number of benzene rings is 3. The van der Waals surface area contributed by atoms with E-state index in [4.69, 9.17) is 61.9 Å². The molecular formula is C93H112ClFN20O28S3. The number of nitrogens with one attached hydrogen (secondary N) is 11. The van der Waals surface area contributed by atoms with Gasteiger partial charge in [-0.1, -0.05) is 51.4 Å². The lowest BCUT2D eigenvalue weighted by Crippen LogP contribution is -2.52. The monoisotopic (exact) mass is 2110 g/mol. The van der Waals surface area contributed by atoms with Crippen molar-refractivity contribution in [2.75, 3.05) is 99.9 Å². The van der Waals surface area contributed by atoms with Gasteiger partial charge in [-0.2, -0.15) is 4.98 Å². The zero-order valence-corrected chi connectivity index (χ0v) is 82.4. The summed E-state index contributed by atoms with van der Waals surface area (Å²) in [6, 6.07) is 14.0. The normalized spacial score (nSPS) is 16.5. The van der Waals surface area contributed by atoms with Gasteiger partial charge in [-0.15, -0.1) is 11.3 Å². The number of nitrogens with zero attached hydrogens (tertiary/aromatic N) is 7. The first-order valence-electron chi connectivity index (χ1n) is 46.2. The zero-order chi connectivity index (χ0) is 106. The van der Waals surface area contributed by atoms with Crippen molar-refractivity contribution in [2.24, 2.45) is 28.9 Å². The molecule has 6 heterocycles. The summed E-state index contributed by atoms with van der Waals surface area (Å²) in [5.41, 5.74) is 11.7. The standard InChI is InChI=1S/C93H112ClFN20O28S3/c1-50(142-92(137)114(46-74(121)106-64-10-4-8-61-62(64)45-115(85(61)131)68-20-21-73(120)111-83(68)129)29-31-139-33-35-140-34-32-138-30-27-99-88(136)93(42-57-7-3-13-72(104-57)110-91-101-28-36-144-91)24-22-60(23-25-93)143-71-12-5-9-63(94)77(71)95)51(2)146-145-48-55(86(132)133)39-70(119)67(47-141-49-116)109-82(128)54(41-76(124)125)38-69(118)65(11-6-26-100-89(96)97)107-81(127)53(40-75(122)123)37-59(117)18-19-66(87(134)135)108-80(126)52-14-16-56(17-15-52)102-43-58-44-103-79-78(105-58)84(130)113-90(98)112-79/h3-5,7-10,12-17,28,36,44,49-51,53-55,60,65-68,102H,6,11,18-27,29-35,37-43,45-48H2,1-2H3,(H,99,136)(H,106,121)(H,107,127)(H,108,126)(H,109,128)(H,122,123)(H,124,125)(H,132,133)(H,134,135)(H4,96,97,100)(H,101,104,110)(H,111,120,129)(H3,98,103,112,113,130)/t50?,51?,53-,54-,55-,60?,65-,66+,67-,68?,93?/m1/s1. The van der Waals surface area contributed by atoms with Crippen molar-refractivity contribution in [1.82, 2.24) is 71.6 Å². The highest BCUT2D eigenvalue weighted by Gasteiger charge is 2.45. The summed E-state index contributed by atoms with van der Waals surface area (Å²) in [6.45, 7) is 1.36. The number of halogens is 2. The van der Waals surface area contributed by atoms with Gasteiger partial charge in [0.05, 0.1) is 111 Å². The second-order valence-corrected chi connectivity index (χ2v) is 38.4. The molecule has 1 saturated heterocycles. The smallest absolute Gasteiger partial charge is 0.410 e. The Morgan fingerprint density at radius 1 is 0.747 bits per heavy atom. The number of piperidine rings is 1. The lowest BCUT2D eigenvalue weighted by atomic mass is 9.69. The Morgan fingerprint density at radius 2 is 1.42 bits per heavy atom. The lowest BCUT2D eigenvalue weighted by molar-refractivity contribution is -0.145. The fraction of sp³-hybridized carbons (Fsp3) is 0.462. The maximum atomic E-state index is 14.9. The number of nitrogen functional groups attached to an aromatic ring is 1. The Balaban J connectivity index is 0.701. The van der Waals surface area contributed by atoms with E-state index >= 15 is 0 Å². The first-order chi connectivity index (χ1) is 69.8. The molecule has 9 amide bonds. The van der Waals surface area contributed by atoms with Crippen LogP contribution in [-0.4, -0.2) is 287 Å². The third kappa shape index (κ3) is 34.9. The number of imide groups is 1. The molecular weight excluding hydrogens is 2000 g/mol. The first kappa shape index (κ1) is 113. The number of hydrogen-bond donors (Lipinski definition) is 17. The third-order valence-electron chi connectivity index (χ3n) is 23.7. The predicted octanol–water partition coefficient (Wildman–Crippen LogP) is 4.84. The number of hydrogen-bond acceptors (Lipinski definition) is 36. The molecule has 0 spiro atoms. The Labute approximate surface area is 849 Å². The molecule has 3 aromatic carbocycles. The summed E-state index contributed by atoms with van der Waals surface area (Å²) >= 11 is 7.44. The van der Waals surface area contributed by atoms with E-state index in [2.05, 4.69) is 72.8 Å². The van der Waals surface area contributed by atoms with Crippen LogP contribution in [0.1, 0.15) is 148 Å². The van der Waals surface area contributed by atoms with Crippen molar-refractivity contribution in [3.8, 4) is 5.75 Å². The van der Waals surface area contributed by atoms with Gasteiger partial charge in [-0.3, -0.25) is 97.3 Å². The maximum absolute atomic E-state index is 14.9. The van der Waals surface area contributed by atoms with Gasteiger partial charge in [0.15, 0.2) is 45.4 Å². The van der Waals surface area contributed by atoms with E-state index in [0.29, 0.717) is 65.7 Å². The van der Waals surface area contributed by atoms with Gasteiger partial charge in [-0.05, 0) is 126 Å². The van der Waals surface area contributed by atoms with Crippen LogP contribution in [0.4, 0.5) is 37.5 Å².